The van der Waals surface area contributed by atoms with Gasteiger partial charge in [-0.05, 0) is 48.0 Å². The van der Waals surface area contributed by atoms with Crippen molar-refractivity contribution in [1.29, 1.82) is 0 Å². The van der Waals surface area contributed by atoms with Crippen molar-refractivity contribution in [1.82, 2.24) is 14.5 Å². The zero-order chi connectivity index (χ0) is 17.5. The summed E-state index contributed by atoms with van der Waals surface area (Å²) in [7, 11) is 0. The van der Waals surface area contributed by atoms with Gasteiger partial charge in [0, 0.05) is 28.9 Å². The van der Waals surface area contributed by atoms with Crippen molar-refractivity contribution >= 4 is 21.9 Å². The molecule has 5 aromatic rings. The van der Waals surface area contributed by atoms with E-state index in [1.54, 1.807) is 18.5 Å². The fourth-order valence-corrected chi connectivity index (χ4v) is 3.44. The van der Waals surface area contributed by atoms with E-state index in [4.69, 9.17) is 0 Å². The molecule has 0 aliphatic heterocycles. The first kappa shape index (κ1) is 17.4. The number of fused-ring (bicyclic) bond motifs is 3. The molecule has 0 radical (unpaired) electrons. The number of aromatic nitrogens is 3. The molecule has 3 aromatic heterocycles. The number of para-hydroxylation sites is 1. The van der Waals surface area contributed by atoms with E-state index in [0.717, 1.165) is 27.6 Å². The van der Waals surface area contributed by atoms with Crippen molar-refractivity contribution in [2.45, 2.75) is 0 Å². The van der Waals surface area contributed by atoms with Gasteiger partial charge < -0.3 is 5.11 Å². The second kappa shape index (κ2) is 6.92. The van der Waals surface area contributed by atoms with E-state index in [1.807, 2.05) is 48.5 Å². The van der Waals surface area contributed by atoms with Gasteiger partial charge in [-0.2, -0.15) is 0 Å². The number of hydrogen-bond donors (Lipinski definition) is 0. The Morgan fingerprint density at radius 2 is 1.52 bits per heavy atom. The molecule has 27 heavy (non-hydrogen) atoms. The normalized spacial score (nSPS) is 10.8. The van der Waals surface area contributed by atoms with Crippen LogP contribution < -0.4 is 24.0 Å². The third-order valence-electron chi connectivity index (χ3n) is 4.60. The quantitative estimate of drug-likeness (QED) is 0.454. The third-order valence-corrected chi connectivity index (χ3v) is 4.60. The maximum atomic E-state index is 12.4. The third kappa shape index (κ3) is 2.80. The Bertz CT molecular complexity index is 1200. The topological polar surface area (TPSA) is 53.8 Å². The summed E-state index contributed by atoms with van der Waals surface area (Å²) in [6, 6.07) is 23.1. The molecule has 3 heterocycles. The molecule has 0 N–H and O–H groups in total. The zero-order valence-corrected chi connectivity index (χ0v) is 14.8. The summed E-state index contributed by atoms with van der Waals surface area (Å²) < 4.78 is 2.09. The number of rotatable bonds is 2. The molecule has 0 bridgehead atoms. The second-order valence-electron chi connectivity index (χ2n) is 6.12. The predicted octanol–water partition coefficient (Wildman–Crippen LogP) is 1.32. The number of hydrogen-bond acceptors (Lipinski definition) is 3. The van der Waals surface area contributed by atoms with Gasteiger partial charge in [-0.1, -0.05) is 36.1 Å². The van der Waals surface area contributed by atoms with Gasteiger partial charge in [-0.25, -0.2) is 4.98 Å². The molecule has 2 aromatic carbocycles. The number of benzene rings is 2. The van der Waals surface area contributed by atoms with Crippen LogP contribution in [0, 0.1) is 0 Å². The Labute approximate surface area is 168 Å². The van der Waals surface area contributed by atoms with E-state index in [2.05, 4.69) is 32.7 Å². The van der Waals surface area contributed by atoms with Crippen molar-refractivity contribution < 1.29 is 24.0 Å². The summed E-state index contributed by atoms with van der Waals surface area (Å²) in [5.41, 5.74) is 4.10. The van der Waals surface area contributed by atoms with Crippen LogP contribution in [-0.2, 0) is 0 Å². The number of pyridine rings is 2. The Hall–Kier alpha value is -3.06. The van der Waals surface area contributed by atoms with Gasteiger partial charge in [0.25, 0.3) is 0 Å². The molecule has 124 valence electrons. The molecule has 5 heteroatoms. The summed E-state index contributed by atoms with van der Waals surface area (Å²) in [6.45, 7) is 0. The van der Waals surface area contributed by atoms with Crippen molar-refractivity contribution in [3.8, 4) is 22.7 Å². The molecular formula is C22H14LiN3O. The van der Waals surface area contributed by atoms with E-state index in [0.29, 0.717) is 11.3 Å². The molecule has 0 atom stereocenters. The molecule has 0 fully saturated rings. The first-order valence-electron chi connectivity index (χ1n) is 8.40. The summed E-state index contributed by atoms with van der Waals surface area (Å²) in [4.78, 5) is 8.92. The van der Waals surface area contributed by atoms with Crippen LogP contribution in [0.2, 0.25) is 0 Å². The van der Waals surface area contributed by atoms with Crippen LogP contribution in [-0.4, -0.2) is 14.5 Å². The Kier molecular flexibility index (Phi) is 4.45. The van der Waals surface area contributed by atoms with Gasteiger partial charge in [0.05, 0.1) is 11.2 Å². The van der Waals surface area contributed by atoms with Gasteiger partial charge in [0.1, 0.15) is 5.65 Å². The van der Waals surface area contributed by atoms with Gasteiger partial charge in [0.15, 0.2) is 0 Å². The fourth-order valence-electron chi connectivity index (χ4n) is 3.44. The van der Waals surface area contributed by atoms with Crippen molar-refractivity contribution in [2.24, 2.45) is 0 Å². The van der Waals surface area contributed by atoms with Gasteiger partial charge in [0.2, 0.25) is 0 Å². The van der Waals surface area contributed by atoms with Gasteiger partial charge in [-0.3, -0.25) is 9.55 Å². The molecule has 4 nitrogen and oxygen atoms in total. The van der Waals surface area contributed by atoms with Crippen LogP contribution in [0.1, 0.15) is 0 Å². The van der Waals surface area contributed by atoms with Crippen LogP contribution in [0.4, 0.5) is 0 Å². The average molecular weight is 343 g/mol. The van der Waals surface area contributed by atoms with E-state index < -0.39 is 0 Å². The molecule has 0 amide bonds. The molecular weight excluding hydrogens is 329 g/mol. The predicted molar refractivity (Wildman–Crippen MR) is 101 cm³/mol. The van der Waals surface area contributed by atoms with Gasteiger partial charge in [-0.15, -0.1) is 0 Å². The summed E-state index contributed by atoms with van der Waals surface area (Å²) in [6.07, 6.45) is 3.49. The van der Waals surface area contributed by atoms with Crippen molar-refractivity contribution in [2.75, 3.05) is 0 Å². The molecule has 5 rings (SSSR count). The van der Waals surface area contributed by atoms with Crippen LogP contribution >= 0.6 is 0 Å². The summed E-state index contributed by atoms with van der Waals surface area (Å²) >= 11 is 0. The molecule has 0 spiro atoms. The average Bonchev–Trinajstić information content (AvgIpc) is 3.04. The first-order valence-corrected chi connectivity index (χ1v) is 8.40. The zero-order valence-electron chi connectivity index (χ0n) is 14.8. The first-order chi connectivity index (χ1) is 12.8. The largest absolute Gasteiger partial charge is 1.00 e. The van der Waals surface area contributed by atoms with E-state index in [1.165, 1.54) is 0 Å². The Morgan fingerprint density at radius 1 is 0.741 bits per heavy atom. The maximum absolute atomic E-state index is 12.4. The van der Waals surface area contributed by atoms with Crippen molar-refractivity contribution in [3.63, 3.8) is 0 Å². The minimum Gasteiger partial charge on any atom is -0.872 e. The molecule has 0 saturated heterocycles. The number of nitrogens with zero attached hydrogens (tertiary/aromatic N) is 3. The molecule has 0 saturated carbocycles. The summed E-state index contributed by atoms with van der Waals surface area (Å²) in [5.74, 6) is -0.0406. The van der Waals surface area contributed by atoms with E-state index in [-0.39, 0.29) is 24.6 Å². The SMILES string of the molecule is [Li+].[O-]c1ccc(-n2c3ccccc3c3cccnc32)cc1-c1ccccn1. The Morgan fingerprint density at radius 3 is 2.37 bits per heavy atom. The molecule has 0 aliphatic carbocycles. The van der Waals surface area contributed by atoms with Crippen LogP contribution in [0.5, 0.6) is 5.75 Å². The van der Waals surface area contributed by atoms with Crippen molar-refractivity contribution in [3.05, 3.63) is 85.2 Å². The fraction of sp³-hybridized carbons (Fsp3) is 0. The van der Waals surface area contributed by atoms with Gasteiger partial charge >= 0.3 is 18.9 Å². The summed E-state index contributed by atoms with van der Waals surface area (Å²) in [5, 5.41) is 14.6. The monoisotopic (exact) mass is 343 g/mol. The van der Waals surface area contributed by atoms with Crippen LogP contribution in [0.15, 0.2) is 85.2 Å². The van der Waals surface area contributed by atoms with Crippen LogP contribution in [0.3, 0.4) is 0 Å². The van der Waals surface area contributed by atoms with Crippen LogP contribution in [0.25, 0.3) is 38.9 Å². The molecule has 0 aliphatic rings. The second-order valence-corrected chi connectivity index (χ2v) is 6.12. The van der Waals surface area contributed by atoms with E-state index >= 15 is 0 Å². The molecule has 0 unspecified atom stereocenters. The minimum absolute atomic E-state index is 0. The standard InChI is InChI=1S/C22H15N3O.Li/c26-21-11-10-15(14-18(21)19-8-3-4-12-23-19)25-20-9-2-1-6-16(20)17-7-5-13-24-22(17)25;/h1-14,26H;/q;+1/p-1. The minimum atomic E-state index is -0.0406. The Balaban J connectivity index is 0.00000180. The smallest absolute Gasteiger partial charge is 0.872 e. The van der Waals surface area contributed by atoms with E-state index in [9.17, 15) is 5.11 Å². The maximum Gasteiger partial charge on any atom is 1.00 e.